The van der Waals surface area contributed by atoms with Gasteiger partial charge in [0.05, 0.1) is 12.0 Å². The van der Waals surface area contributed by atoms with Gasteiger partial charge in [0.15, 0.2) is 0 Å². The minimum atomic E-state index is -3.91. The van der Waals surface area contributed by atoms with Crippen LogP contribution in [0.4, 0.5) is 0 Å². The summed E-state index contributed by atoms with van der Waals surface area (Å²) < 4.78 is 32.8. The number of fused-ring (bicyclic) bond motifs is 1. The lowest BCUT2D eigenvalue weighted by molar-refractivity contribution is -0.142. The van der Waals surface area contributed by atoms with Crippen molar-refractivity contribution in [2.24, 2.45) is 0 Å². The number of rotatable bonds is 6. The Kier molecular flexibility index (Phi) is 5.79. The fourth-order valence-corrected chi connectivity index (χ4v) is 4.11. The average molecular weight is 404 g/mol. The summed E-state index contributed by atoms with van der Waals surface area (Å²) in [5.74, 6) is -0.658. The third-order valence-electron chi connectivity index (χ3n) is 4.17. The molecule has 27 heavy (non-hydrogen) atoms. The largest absolute Gasteiger partial charge is 0.468 e. The summed E-state index contributed by atoms with van der Waals surface area (Å²) in [6.45, 7) is 0. The summed E-state index contributed by atoms with van der Waals surface area (Å²) in [5.41, 5.74) is 0.760. The molecular weight excluding hydrogens is 386 g/mol. The van der Waals surface area contributed by atoms with E-state index >= 15 is 0 Å². The van der Waals surface area contributed by atoms with Crippen molar-refractivity contribution in [2.75, 3.05) is 7.11 Å². The first kappa shape index (κ1) is 19.4. The average Bonchev–Trinajstić information content (AvgIpc) is 2.68. The molecule has 0 aliphatic rings. The van der Waals surface area contributed by atoms with Crippen LogP contribution in [0.3, 0.4) is 0 Å². The van der Waals surface area contributed by atoms with Crippen molar-refractivity contribution >= 4 is 38.4 Å². The Morgan fingerprint density at radius 1 is 1.04 bits per heavy atom. The number of sulfonamides is 1. The molecule has 0 heterocycles. The monoisotopic (exact) mass is 403 g/mol. The molecule has 0 bridgehead atoms. The molecule has 3 aromatic carbocycles. The third kappa shape index (κ3) is 4.66. The highest BCUT2D eigenvalue weighted by atomic mass is 35.5. The van der Waals surface area contributed by atoms with Crippen LogP contribution in [0.25, 0.3) is 10.8 Å². The topological polar surface area (TPSA) is 72.5 Å². The van der Waals surface area contributed by atoms with Crippen LogP contribution in [-0.2, 0) is 26.0 Å². The maximum absolute atomic E-state index is 12.8. The molecule has 0 aliphatic carbocycles. The SMILES string of the molecule is COC(=O)C(Cc1ccc(Cl)cc1)NS(=O)(=O)c1ccc2ccccc2c1. The lowest BCUT2D eigenvalue weighted by Gasteiger charge is -2.17. The van der Waals surface area contributed by atoms with Gasteiger partial charge in [0.25, 0.3) is 0 Å². The Morgan fingerprint density at radius 3 is 2.37 bits per heavy atom. The number of hydrogen-bond donors (Lipinski definition) is 1. The normalized spacial score (nSPS) is 12.7. The molecule has 1 N–H and O–H groups in total. The standard InChI is InChI=1S/C20H18ClNO4S/c1-26-20(23)19(12-14-6-9-17(21)10-7-14)22-27(24,25)18-11-8-15-4-2-3-5-16(15)13-18/h2-11,13,19,22H,12H2,1H3. The predicted octanol–water partition coefficient (Wildman–Crippen LogP) is 3.56. The highest BCUT2D eigenvalue weighted by Crippen LogP contribution is 2.20. The summed E-state index contributed by atoms with van der Waals surface area (Å²) in [5, 5.41) is 2.29. The molecule has 0 aliphatic heterocycles. The number of nitrogens with one attached hydrogen (secondary N) is 1. The maximum atomic E-state index is 12.8. The van der Waals surface area contributed by atoms with Gasteiger partial charge in [-0.3, -0.25) is 4.79 Å². The van der Waals surface area contributed by atoms with Gasteiger partial charge in [-0.1, -0.05) is 54.1 Å². The van der Waals surface area contributed by atoms with Crippen LogP contribution in [-0.4, -0.2) is 27.5 Å². The van der Waals surface area contributed by atoms with E-state index in [1.807, 2.05) is 24.3 Å². The van der Waals surface area contributed by atoms with Crippen LogP contribution in [0.15, 0.2) is 71.6 Å². The first-order valence-electron chi connectivity index (χ1n) is 8.22. The van der Waals surface area contributed by atoms with Gasteiger partial charge in [0, 0.05) is 5.02 Å². The van der Waals surface area contributed by atoms with Crippen LogP contribution < -0.4 is 4.72 Å². The lowest BCUT2D eigenvalue weighted by Crippen LogP contribution is -2.42. The number of halogens is 1. The van der Waals surface area contributed by atoms with Crippen LogP contribution >= 0.6 is 11.6 Å². The van der Waals surface area contributed by atoms with Crippen molar-refractivity contribution in [3.8, 4) is 0 Å². The minimum Gasteiger partial charge on any atom is -0.468 e. The molecule has 1 atom stereocenters. The summed E-state index contributed by atoms with van der Waals surface area (Å²) in [4.78, 5) is 12.2. The van der Waals surface area contributed by atoms with Gasteiger partial charge in [0.2, 0.25) is 10.0 Å². The minimum absolute atomic E-state index is 0.0891. The van der Waals surface area contributed by atoms with Crippen molar-refractivity contribution in [1.82, 2.24) is 4.72 Å². The zero-order valence-corrected chi connectivity index (χ0v) is 16.1. The zero-order chi connectivity index (χ0) is 19.4. The van der Waals surface area contributed by atoms with E-state index < -0.39 is 22.0 Å². The lowest BCUT2D eigenvalue weighted by atomic mass is 10.1. The molecule has 140 valence electrons. The second-order valence-electron chi connectivity index (χ2n) is 6.04. The van der Waals surface area contributed by atoms with Gasteiger partial charge in [-0.05, 0) is 47.0 Å². The second kappa shape index (κ2) is 8.08. The van der Waals surface area contributed by atoms with E-state index in [0.29, 0.717) is 5.02 Å². The van der Waals surface area contributed by atoms with Crippen LogP contribution in [0.5, 0.6) is 0 Å². The van der Waals surface area contributed by atoms with E-state index in [1.54, 1.807) is 36.4 Å². The number of benzene rings is 3. The first-order chi connectivity index (χ1) is 12.9. The Labute approximate surface area is 163 Å². The summed E-state index contributed by atoms with van der Waals surface area (Å²) in [7, 11) is -2.69. The molecule has 0 spiro atoms. The molecule has 0 aromatic heterocycles. The van der Waals surface area contributed by atoms with Crippen molar-refractivity contribution in [3.63, 3.8) is 0 Å². The predicted molar refractivity (Wildman–Crippen MR) is 105 cm³/mol. The van der Waals surface area contributed by atoms with E-state index in [-0.39, 0.29) is 11.3 Å². The van der Waals surface area contributed by atoms with Gasteiger partial charge in [-0.25, -0.2) is 8.42 Å². The molecule has 0 saturated carbocycles. The van der Waals surface area contributed by atoms with Gasteiger partial charge >= 0.3 is 5.97 Å². The number of esters is 1. The Bertz CT molecular complexity index is 1060. The van der Waals surface area contributed by atoms with E-state index in [4.69, 9.17) is 16.3 Å². The van der Waals surface area contributed by atoms with Crippen LogP contribution in [0.2, 0.25) is 5.02 Å². The smallest absolute Gasteiger partial charge is 0.324 e. The molecular formula is C20H18ClNO4S. The summed E-state index contributed by atoms with van der Waals surface area (Å²) >= 11 is 5.87. The Hall–Kier alpha value is -2.41. The fraction of sp³-hybridized carbons (Fsp3) is 0.150. The van der Waals surface area contributed by atoms with Crippen LogP contribution in [0, 0.1) is 0 Å². The van der Waals surface area contributed by atoms with Crippen molar-refractivity contribution < 1.29 is 17.9 Å². The van der Waals surface area contributed by atoms with Gasteiger partial charge in [0.1, 0.15) is 6.04 Å². The highest BCUT2D eigenvalue weighted by Gasteiger charge is 2.27. The van der Waals surface area contributed by atoms with Gasteiger partial charge in [-0.2, -0.15) is 4.72 Å². The van der Waals surface area contributed by atoms with E-state index in [2.05, 4.69) is 4.72 Å². The molecule has 0 fully saturated rings. The molecule has 1 unspecified atom stereocenters. The molecule has 5 nitrogen and oxygen atoms in total. The fourth-order valence-electron chi connectivity index (χ4n) is 2.76. The molecule has 0 radical (unpaired) electrons. The maximum Gasteiger partial charge on any atom is 0.324 e. The molecule has 3 aromatic rings. The Balaban J connectivity index is 1.88. The quantitative estimate of drug-likeness (QED) is 0.639. The second-order valence-corrected chi connectivity index (χ2v) is 8.19. The zero-order valence-electron chi connectivity index (χ0n) is 14.6. The van der Waals surface area contributed by atoms with E-state index in [0.717, 1.165) is 16.3 Å². The molecule has 0 saturated heterocycles. The van der Waals surface area contributed by atoms with E-state index in [1.165, 1.54) is 13.2 Å². The van der Waals surface area contributed by atoms with E-state index in [9.17, 15) is 13.2 Å². The third-order valence-corrected chi connectivity index (χ3v) is 5.89. The number of hydrogen-bond acceptors (Lipinski definition) is 4. The molecule has 0 amide bonds. The highest BCUT2D eigenvalue weighted by molar-refractivity contribution is 7.89. The van der Waals surface area contributed by atoms with Crippen molar-refractivity contribution in [3.05, 3.63) is 77.3 Å². The number of carbonyl (C=O) groups is 1. The molecule has 3 rings (SSSR count). The molecule has 7 heteroatoms. The van der Waals surface area contributed by atoms with Gasteiger partial charge < -0.3 is 4.74 Å². The van der Waals surface area contributed by atoms with Crippen molar-refractivity contribution in [2.45, 2.75) is 17.4 Å². The number of ether oxygens (including phenoxy) is 1. The number of methoxy groups -OCH3 is 1. The first-order valence-corrected chi connectivity index (χ1v) is 10.1. The summed E-state index contributed by atoms with van der Waals surface area (Å²) in [6.07, 6.45) is 0.149. The van der Waals surface area contributed by atoms with Crippen molar-refractivity contribution in [1.29, 1.82) is 0 Å². The van der Waals surface area contributed by atoms with Crippen LogP contribution in [0.1, 0.15) is 5.56 Å². The Morgan fingerprint density at radius 2 is 1.70 bits per heavy atom. The summed E-state index contributed by atoms with van der Waals surface area (Å²) in [6, 6.07) is 18.1. The van der Waals surface area contributed by atoms with Gasteiger partial charge in [-0.15, -0.1) is 0 Å². The number of carbonyl (C=O) groups excluding carboxylic acids is 1.